The minimum atomic E-state index is -0.608. The van der Waals surface area contributed by atoms with Gasteiger partial charge in [-0.25, -0.2) is 4.68 Å². The van der Waals surface area contributed by atoms with Crippen LogP contribution in [0.3, 0.4) is 0 Å². The third kappa shape index (κ3) is 3.56. The number of aromatic nitrogens is 3. The molecule has 0 fully saturated rings. The maximum Gasteiger partial charge on any atom is 0.290 e. The molecule has 158 valence electrons. The minimum Gasteiger partial charge on any atom is -0.350 e. The molecule has 4 aromatic rings. The molecule has 0 unspecified atom stereocenters. The smallest absolute Gasteiger partial charge is 0.290 e. The predicted molar refractivity (Wildman–Crippen MR) is 119 cm³/mol. The molecular weight excluding hydrogens is 394 g/mol. The van der Waals surface area contributed by atoms with Gasteiger partial charge in [-0.15, -0.1) is 0 Å². The van der Waals surface area contributed by atoms with Crippen molar-refractivity contribution in [2.45, 2.75) is 33.7 Å². The van der Waals surface area contributed by atoms with E-state index in [0.29, 0.717) is 16.5 Å². The molecule has 0 saturated carbocycles. The van der Waals surface area contributed by atoms with Crippen LogP contribution in [0.25, 0.3) is 21.7 Å². The second-order valence-corrected chi connectivity index (χ2v) is 7.82. The maximum absolute atomic E-state index is 12.9. The SMILES string of the molecule is Cc1ccc2[nH]c(C(=O)NNC(=O)c3nn(C(C)C)c(=O)c4ccccc34)c(C)c2c1. The average Bonchev–Trinajstić information content (AvgIpc) is 3.08. The van der Waals surface area contributed by atoms with Crippen molar-refractivity contribution in [3.8, 4) is 0 Å². The largest absolute Gasteiger partial charge is 0.350 e. The van der Waals surface area contributed by atoms with Crippen LogP contribution in [0.15, 0.2) is 47.3 Å². The van der Waals surface area contributed by atoms with Crippen molar-refractivity contribution in [3.63, 3.8) is 0 Å². The number of nitrogens with zero attached hydrogens (tertiary/aromatic N) is 2. The Balaban J connectivity index is 1.63. The van der Waals surface area contributed by atoms with Crippen LogP contribution in [0.4, 0.5) is 0 Å². The molecule has 3 N–H and O–H groups in total. The Hall–Kier alpha value is -3.94. The van der Waals surface area contributed by atoms with Crippen molar-refractivity contribution in [2.24, 2.45) is 0 Å². The van der Waals surface area contributed by atoms with Crippen molar-refractivity contribution >= 4 is 33.5 Å². The number of amides is 2. The molecule has 0 atom stereocenters. The molecule has 0 bridgehead atoms. The van der Waals surface area contributed by atoms with Gasteiger partial charge in [0, 0.05) is 16.3 Å². The summed E-state index contributed by atoms with van der Waals surface area (Å²) in [5.74, 6) is -1.08. The summed E-state index contributed by atoms with van der Waals surface area (Å²) in [4.78, 5) is 41.3. The standard InChI is InChI=1S/C23H23N5O3/c1-12(2)28-23(31)16-8-6-5-7-15(16)20(27-28)22(30)26-25-21(29)19-14(4)17-11-13(3)9-10-18(17)24-19/h5-12,24H,1-4H3,(H,25,29)(H,26,30). The first-order valence-electron chi connectivity index (χ1n) is 9.99. The van der Waals surface area contributed by atoms with Crippen molar-refractivity contribution in [3.05, 3.63) is 75.3 Å². The van der Waals surface area contributed by atoms with E-state index in [4.69, 9.17) is 0 Å². The second kappa shape index (κ2) is 7.71. The van der Waals surface area contributed by atoms with Crippen LogP contribution in [0.2, 0.25) is 0 Å². The first-order chi connectivity index (χ1) is 14.8. The molecule has 8 heteroatoms. The first-order valence-corrected chi connectivity index (χ1v) is 9.99. The molecule has 2 heterocycles. The number of hydrogen-bond donors (Lipinski definition) is 3. The summed E-state index contributed by atoms with van der Waals surface area (Å²) < 4.78 is 1.27. The van der Waals surface area contributed by atoms with E-state index in [1.165, 1.54) is 4.68 Å². The number of carbonyl (C=O) groups is 2. The van der Waals surface area contributed by atoms with Crippen molar-refractivity contribution < 1.29 is 9.59 Å². The molecule has 0 aliphatic carbocycles. The lowest BCUT2D eigenvalue weighted by atomic mass is 10.1. The van der Waals surface area contributed by atoms with E-state index in [9.17, 15) is 14.4 Å². The lowest BCUT2D eigenvalue weighted by Crippen LogP contribution is -2.43. The Labute approximate surface area is 178 Å². The molecule has 2 amide bonds. The Bertz CT molecular complexity index is 1400. The van der Waals surface area contributed by atoms with Gasteiger partial charge in [0.05, 0.1) is 11.4 Å². The molecule has 0 saturated heterocycles. The Kier molecular flexibility index (Phi) is 5.06. The third-order valence-corrected chi connectivity index (χ3v) is 5.26. The second-order valence-electron chi connectivity index (χ2n) is 7.82. The third-order valence-electron chi connectivity index (χ3n) is 5.26. The molecule has 31 heavy (non-hydrogen) atoms. The van der Waals surface area contributed by atoms with Crippen molar-refractivity contribution in [1.29, 1.82) is 0 Å². The van der Waals surface area contributed by atoms with Gasteiger partial charge in [-0.2, -0.15) is 5.10 Å². The van der Waals surface area contributed by atoms with Gasteiger partial charge in [0.1, 0.15) is 5.69 Å². The van der Waals surface area contributed by atoms with E-state index >= 15 is 0 Å². The number of hydrazine groups is 1. The summed E-state index contributed by atoms with van der Waals surface area (Å²) in [5.41, 5.74) is 7.76. The number of carbonyl (C=O) groups excluding carboxylic acids is 2. The fourth-order valence-electron chi connectivity index (χ4n) is 3.63. The van der Waals surface area contributed by atoms with Gasteiger partial charge < -0.3 is 4.98 Å². The summed E-state index contributed by atoms with van der Waals surface area (Å²) in [6, 6.07) is 12.4. The average molecular weight is 417 g/mol. The number of fused-ring (bicyclic) bond motifs is 2. The van der Waals surface area contributed by atoms with E-state index in [2.05, 4.69) is 20.9 Å². The zero-order valence-electron chi connectivity index (χ0n) is 17.7. The summed E-state index contributed by atoms with van der Waals surface area (Å²) in [5, 5.41) is 6.02. The highest BCUT2D eigenvalue weighted by Crippen LogP contribution is 2.22. The number of aryl methyl sites for hydroxylation is 2. The Morgan fingerprint density at radius 2 is 1.65 bits per heavy atom. The van der Waals surface area contributed by atoms with Gasteiger partial charge in [-0.05, 0) is 51.5 Å². The molecule has 2 aromatic heterocycles. The van der Waals surface area contributed by atoms with Gasteiger partial charge in [0.2, 0.25) is 0 Å². The normalized spacial score (nSPS) is 11.3. The van der Waals surface area contributed by atoms with E-state index < -0.39 is 11.8 Å². The Morgan fingerprint density at radius 3 is 2.35 bits per heavy atom. The summed E-state index contributed by atoms with van der Waals surface area (Å²) in [7, 11) is 0. The molecule has 4 rings (SSSR count). The summed E-state index contributed by atoms with van der Waals surface area (Å²) in [6.07, 6.45) is 0. The zero-order chi connectivity index (χ0) is 22.3. The van der Waals surface area contributed by atoms with Gasteiger partial charge in [0.15, 0.2) is 5.69 Å². The van der Waals surface area contributed by atoms with Crippen LogP contribution >= 0.6 is 0 Å². The summed E-state index contributed by atoms with van der Waals surface area (Å²) in [6.45, 7) is 7.46. The molecule has 0 radical (unpaired) electrons. The van der Waals surface area contributed by atoms with E-state index in [0.717, 1.165) is 22.0 Å². The lowest BCUT2D eigenvalue weighted by Gasteiger charge is -2.13. The van der Waals surface area contributed by atoms with Crippen LogP contribution in [-0.4, -0.2) is 26.6 Å². The number of H-pyrrole nitrogens is 1. The highest BCUT2D eigenvalue weighted by molar-refractivity contribution is 6.06. The quantitative estimate of drug-likeness (QED) is 0.445. The number of hydrogen-bond acceptors (Lipinski definition) is 4. The van der Waals surface area contributed by atoms with Crippen molar-refractivity contribution in [2.75, 3.05) is 0 Å². The van der Waals surface area contributed by atoms with E-state index in [-0.39, 0.29) is 17.3 Å². The maximum atomic E-state index is 12.9. The minimum absolute atomic E-state index is 0.0631. The first kappa shape index (κ1) is 20.3. The fraction of sp³-hybridized carbons (Fsp3) is 0.217. The van der Waals surface area contributed by atoms with Gasteiger partial charge >= 0.3 is 0 Å². The highest BCUT2D eigenvalue weighted by atomic mass is 16.2. The number of aromatic amines is 1. The Morgan fingerprint density at radius 1 is 0.968 bits per heavy atom. The molecule has 0 aliphatic heterocycles. The van der Waals surface area contributed by atoms with Crippen LogP contribution in [0.5, 0.6) is 0 Å². The van der Waals surface area contributed by atoms with Crippen LogP contribution in [-0.2, 0) is 0 Å². The van der Waals surface area contributed by atoms with Gasteiger partial charge in [-0.3, -0.25) is 25.2 Å². The van der Waals surface area contributed by atoms with Gasteiger partial charge in [0.25, 0.3) is 17.4 Å². The zero-order valence-corrected chi connectivity index (χ0v) is 17.7. The highest BCUT2D eigenvalue weighted by Gasteiger charge is 2.20. The van der Waals surface area contributed by atoms with Gasteiger partial charge in [-0.1, -0.05) is 29.8 Å². The fourth-order valence-corrected chi connectivity index (χ4v) is 3.63. The van der Waals surface area contributed by atoms with Crippen molar-refractivity contribution in [1.82, 2.24) is 25.6 Å². The number of rotatable bonds is 3. The molecule has 0 spiro atoms. The van der Waals surface area contributed by atoms with E-state index in [1.54, 1.807) is 24.3 Å². The van der Waals surface area contributed by atoms with Crippen LogP contribution in [0.1, 0.15) is 52.0 Å². The lowest BCUT2D eigenvalue weighted by molar-refractivity contribution is 0.0841. The molecule has 2 aromatic carbocycles. The van der Waals surface area contributed by atoms with E-state index in [1.807, 2.05) is 45.9 Å². The summed E-state index contributed by atoms with van der Waals surface area (Å²) >= 11 is 0. The number of nitrogens with one attached hydrogen (secondary N) is 3. The molecule has 8 nitrogen and oxygen atoms in total. The topological polar surface area (TPSA) is 109 Å². The van der Waals surface area contributed by atoms with Crippen LogP contribution in [0, 0.1) is 13.8 Å². The predicted octanol–water partition coefficient (Wildman–Crippen LogP) is 3.15. The molecular formula is C23H23N5O3. The molecule has 0 aliphatic rings. The number of benzene rings is 2. The van der Waals surface area contributed by atoms with Crippen LogP contribution < -0.4 is 16.4 Å². The monoisotopic (exact) mass is 417 g/mol.